The standard InChI is InChI=1S/C18H13F2NO7S/c19-18(20)26-12-7-6-11(8-13(12)27-18)15-14(22)16(17(21)25-15)28-29(23,24)9-10-4-2-1-3-5-10/h1-8,15H,9,21H2. The van der Waals surface area contributed by atoms with E-state index in [0.717, 1.165) is 6.07 Å². The van der Waals surface area contributed by atoms with Crippen molar-refractivity contribution in [3.8, 4) is 11.5 Å². The number of fused-ring (bicyclic) bond motifs is 1. The van der Waals surface area contributed by atoms with Crippen LogP contribution in [-0.4, -0.2) is 20.5 Å². The first-order valence-electron chi connectivity index (χ1n) is 8.20. The third kappa shape index (κ3) is 3.81. The van der Waals surface area contributed by atoms with Gasteiger partial charge in [-0.2, -0.15) is 8.42 Å². The van der Waals surface area contributed by atoms with E-state index in [0.29, 0.717) is 5.56 Å². The predicted molar refractivity (Wildman–Crippen MR) is 92.8 cm³/mol. The van der Waals surface area contributed by atoms with Crippen molar-refractivity contribution in [2.45, 2.75) is 18.2 Å². The Labute approximate surface area is 163 Å². The van der Waals surface area contributed by atoms with Gasteiger partial charge in [0.15, 0.2) is 17.6 Å². The van der Waals surface area contributed by atoms with Gasteiger partial charge in [0.2, 0.25) is 17.4 Å². The lowest BCUT2D eigenvalue weighted by atomic mass is 10.1. The average molecular weight is 425 g/mol. The first kappa shape index (κ1) is 19.0. The Morgan fingerprint density at radius 1 is 1.07 bits per heavy atom. The van der Waals surface area contributed by atoms with Gasteiger partial charge in [-0.3, -0.25) is 4.79 Å². The summed E-state index contributed by atoms with van der Waals surface area (Å²) < 4.78 is 69.6. The van der Waals surface area contributed by atoms with Crippen LogP contribution in [0.4, 0.5) is 8.78 Å². The summed E-state index contributed by atoms with van der Waals surface area (Å²) in [5, 5.41) is 0. The van der Waals surface area contributed by atoms with Crippen molar-refractivity contribution in [1.29, 1.82) is 0 Å². The number of hydrogen-bond donors (Lipinski definition) is 1. The number of Topliss-reactive ketones (excluding diaryl/α,β-unsaturated/α-hetero) is 1. The van der Waals surface area contributed by atoms with Crippen LogP contribution in [0.3, 0.4) is 0 Å². The molecule has 2 aromatic carbocycles. The maximum atomic E-state index is 13.2. The molecule has 0 fully saturated rings. The largest absolute Gasteiger partial charge is 0.586 e. The van der Waals surface area contributed by atoms with Crippen molar-refractivity contribution in [2.75, 3.05) is 0 Å². The third-order valence-electron chi connectivity index (χ3n) is 4.06. The highest BCUT2D eigenvalue weighted by Gasteiger charge is 2.45. The van der Waals surface area contributed by atoms with Crippen LogP contribution in [0.25, 0.3) is 0 Å². The van der Waals surface area contributed by atoms with Gasteiger partial charge in [0.1, 0.15) is 5.75 Å². The molecule has 0 bridgehead atoms. The number of nitrogens with two attached hydrogens (primary N) is 1. The van der Waals surface area contributed by atoms with E-state index < -0.39 is 45.7 Å². The molecule has 152 valence electrons. The van der Waals surface area contributed by atoms with E-state index in [-0.39, 0.29) is 17.1 Å². The zero-order valence-electron chi connectivity index (χ0n) is 14.5. The van der Waals surface area contributed by atoms with E-state index in [1.165, 1.54) is 12.1 Å². The zero-order valence-corrected chi connectivity index (χ0v) is 15.3. The molecule has 0 aromatic heterocycles. The minimum Gasteiger partial charge on any atom is -0.460 e. The molecule has 0 radical (unpaired) electrons. The molecule has 2 aliphatic heterocycles. The molecule has 1 atom stereocenters. The molecule has 11 heteroatoms. The summed E-state index contributed by atoms with van der Waals surface area (Å²) in [6.45, 7) is 0. The minimum atomic E-state index is -4.20. The molecule has 4 rings (SSSR count). The van der Waals surface area contributed by atoms with E-state index >= 15 is 0 Å². The number of ketones is 1. The van der Waals surface area contributed by atoms with E-state index in [9.17, 15) is 22.0 Å². The Hall–Kier alpha value is -3.34. The summed E-state index contributed by atoms with van der Waals surface area (Å²) in [5.74, 6) is -3.07. The Balaban J connectivity index is 1.52. The van der Waals surface area contributed by atoms with Gasteiger partial charge in [-0.05, 0) is 17.7 Å². The van der Waals surface area contributed by atoms with Crippen molar-refractivity contribution >= 4 is 15.9 Å². The summed E-state index contributed by atoms with van der Waals surface area (Å²) in [7, 11) is -4.20. The van der Waals surface area contributed by atoms with Crippen molar-refractivity contribution in [2.24, 2.45) is 5.73 Å². The topological polar surface area (TPSA) is 114 Å². The van der Waals surface area contributed by atoms with Gasteiger partial charge in [0.25, 0.3) is 0 Å². The Morgan fingerprint density at radius 3 is 2.48 bits per heavy atom. The van der Waals surface area contributed by atoms with E-state index in [1.54, 1.807) is 30.3 Å². The van der Waals surface area contributed by atoms with Crippen LogP contribution >= 0.6 is 0 Å². The number of alkyl halides is 2. The van der Waals surface area contributed by atoms with Crippen LogP contribution < -0.4 is 15.2 Å². The number of rotatable bonds is 5. The van der Waals surface area contributed by atoms with Crippen LogP contribution in [0.2, 0.25) is 0 Å². The van der Waals surface area contributed by atoms with Crippen LogP contribution in [-0.2, 0) is 29.6 Å². The molecule has 0 saturated heterocycles. The van der Waals surface area contributed by atoms with Crippen LogP contribution in [0, 0.1) is 0 Å². The summed E-state index contributed by atoms with van der Waals surface area (Å²) in [5.41, 5.74) is 6.18. The maximum absolute atomic E-state index is 13.2. The summed E-state index contributed by atoms with van der Waals surface area (Å²) >= 11 is 0. The third-order valence-corrected chi connectivity index (χ3v) is 5.16. The van der Waals surface area contributed by atoms with E-state index in [2.05, 4.69) is 9.47 Å². The molecule has 2 N–H and O–H groups in total. The highest BCUT2D eigenvalue weighted by molar-refractivity contribution is 7.86. The van der Waals surface area contributed by atoms with Gasteiger partial charge in [-0.15, -0.1) is 8.78 Å². The van der Waals surface area contributed by atoms with Gasteiger partial charge in [-0.1, -0.05) is 36.4 Å². The van der Waals surface area contributed by atoms with Crippen molar-refractivity contribution in [1.82, 2.24) is 0 Å². The predicted octanol–water partition coefficient (Wildman–Crippen LogP) is 2.32. The lowest BCUT2D eigenvalue weighted by Gasteiger charge is -2.10. The second-order valence-electron chi connectivity index (χ2n) is 6.20. The molecule has 0 saturated carbocycles. The Kier molecular flexibility index (Phi) is 4.34. The smallest absolute Gasteiger partial charge is 0.460 e. The minimum absolute atomic E-state index is 0.108. The number of hydrogen-bond acceptors (Lipinski definition) is 8. The average Bonchev–Trinajstić information content (AvgIpc) is 3.10. The molecule has 8 nitrogen and oxygen atoms in total. The van der Waals surface area contributed by atoms with Gasteiger partial charge in [0.05, 0.1) is 0 Å². The normalized spacial score (nSPS) is 19.9. The summed E-state index contributed by atoms with van der Waals surface area (Å²) in [4.78, 5) is 12.6. The fraction of sp³-hybridized carbons (Fsp3) is 0.167. The lowest BCUT2D eigenvalue weighted by molar-refractivity contribution is -0.286. The number of carbonyl (C=O) groups excluding carboxylic acids is 1. The number of ether oxygens (including phenoxy) is 3. The van der Waals surface area contributed by atoms with Gasteiger partial charge in [-0.25, -0.2) is 0 Å². The van der Waals surface area contributed by atoms with Crippen molar-refractivity contribution in [3.05, 3.63) is 71.3 Å². The fourth-order valence-corrected chi connectivity index (χ4v) is 3.92. The van der Waals surface area contributed by atoms with Gasteiger partial charge in [0, 0.05) is 5.56 Å². The molecule has 1 unspecified atom stereocenters. The SMILES string of the molecule is NC1=C(OS(=O)(=O)Cc2ccccc2)C(=O)C(c2ccc3c(c2)OC(F)(F)O3)O1. The van der Waals surface area contributed by atoms with E-state index in [4.69, 9.17) is 14.7 Å². The highest BCUT2D eigenvalue weighted by Crippen LogP contribution is 2.43. The van der Waals surface area contributed by atoms with Crippen LogP contribution in [0.15, 0.2) is 60.2 Å². The zero-order chi connectivity index (χ0) is 20.8. The maximum Gasteiger partial charge on any atom is 0.586 e. The van der Waals surface area contributed by atoms with Gasteiger partial charge < -0.3 is 24.1 Å². The molecule has 2 heterocycles. The number of carbonyl (C=O) groups is 1. The monoisotopic (exact) mass is 425 g/mol. The molecule has 29 heavy (non-hydrogen) atoms. The first-order valence-corrected chi connectivity index (χ1v) is 9.78. The van der Waals surface area contributed by atoms with Crippen molar-refractivity contribution < 1.29 is 40.4 Å². The first-order chi connectivity index (χ1) is 13.6. The van der Waals surface area contributed by atoms with Crippen LogP contribution in [0.1, 0.15) is 17.2 Å². The second kappa shape index (κ2) is 6.62. The molecule has 2 aromatic rings. The highest BCUT2D eigenvalue weighted by atomic mass is 32.2. The molecular weight excluding hydrogens is 412 g/mol. The quantitative estimate of drug-likeness (QED) is 0.726. The van der Waals surface area contributed by atoms with Crippen LogP contribution in [0.5, 0.6) is 11.5 Å². The second-order valence-corrected chi connectivity index (χ2v) is 7.77. The number of benzene rings is 2. The fourth-order valence-electron chi connectivity index (χ4n) is 2.84. The summed E-state index contributed by atoms with van der Waals surface area (Å²) in [6, 6.07) is 11.8. The summed E-state index contributed by atoms with van der Waals surface area (Å²) in [6.07, 6.45) is -5.20. The molecule has 0 spiro atoms. The molecule has 2 aliphatic rings. The van der Waals surface area contributed by atoms with Crippen molar-refractivity contribution in [3.63, 3.8) is 0 Å². The van der Waals surface area contributed by atoms with Gasteiger partial charge >= 0.3 is 16.4 Å². The molecular formula is C18H13F2NO7S. The van der Waals surface area contributed by atoms with E-state index in [1.807, 2.05) is 0 Å². The Bertz CT molecular complexity index is 1120. The lowest BCUT2D eigenvalue weighted by Crippen LogP contribution is -2.25. The Morgan fingerprint density at radius 2 is 1.76 bits per heavy atom. The molecule has 0 aliphatic carbocycles. The number of halogens is 2. The molecule has 0 amide bonds.